The Hall–Kier alpha value is -4.73. The summed E-state index contributed by atoms with van der Waals surface area (Å²) in [5.41, 5.74) is 9.09. The number of hydrogen-bond acceptors (Lipinski definition) is 7. The van der Waals surface area contributed by atoms with Crippen molar-refractivity contribution in [3.8, 4) is 5.75 Å². The highest BCUT2D eigenvalue weighted by atomic mass is 16.5. The minimum absolute atomic E-state index is 0.129. The van der Waals surface area contributed by atoms with Gasteiger partial charge < -0.3 is 15.8 Å². The largest absolute Gasteiger partial charge is 0.496 e. The predicted octanol–water partition coefficient (Wildman–Crippen LogP) is 2.95. The molecular formula is C26H26N8O2. The van der Waals surface area contributed by atoms with Gasteiger partial charge in [0.1, 0.15) is 17.4 Å². The van der Waals surface area contributed by atoms with E-state index < -0.39 is 0 Å². The van der Waals surface area contributed by atoms with Crippen molar-refractivity contribution in [1.29, 1.82) is 0 Å². The maximum Gasteiger partial charge on any atom is 0.291 e. The molecule has 3 N–H and O–H groups in total. The number of rotatable bonds is 8. The number of nitrogen functional groups attached to an aromatic ring is 1. The van der Waals surface area contributed by atoms with E-state index in [1.54, 1.807) is 24.2 Å². The summed E-state index contributed by atoms with van der Waals surface area (Å²) in [6.07, 6.45) is 5.34. The van der Waals surface area contributed by atoms with Gasteiger partial charge in [0.15, 0.2) is 0 Å². The second kappa shape index (κ2) is 9.87. The summed E-state index contributed by atoms with van der Waals surface area (Å²) in [6, 6.07) is 15.8. The Morgan fingerprint density at radius 1 is 1.06 bits per heavy atom. The lowest BCUT2D eigenvalue weighted by molar-refractivity contribution is 0.0940. The molecule has 0 saturated heterocycles. The van der Waals surface area contributed by atoms with E-state index in [4.69, 9.17) is 10.5 Å². The molecule has 5 aromatic rings. The zero-order valence-corrected chi connectivity index (χ0v) is 20.0. The van der Waals surface area contributed by atoms with Crippen molar-refractivity contribution in [2.45, 2.75) is 26.6 Å². The lowest BCUT2D eigenvalue weighted by Gasteiger charge is -2.11. The van der Waals surface area contributed by atoms with Crippen LogP contribution in [0.4, 0.5) is 5.82 Å². The number of aryl methyl sites for hydroxylation is 1. The number of benzene rings is 2. The molecule has 36 heavy (non-hydrogen) atoms. The zero-order valence-electron chi connectivity index (χ0n) is 20.0. The third kappa shape index (κ3) is 4.88. The van der Waals surface area contributed by atoms with Gasteiger partial charge in [0.2, 0.25) is 5.82 Å². The van der Waals surface area contributed by atoms with Crippen LogP contribution in [0.5, 0.6) is 5.75 Å². The molecular weight excluding hydrogens is 456 g/mol. The second-order valence-electron chi connectivity index (χ2n) is 8.44. The van der Waals surface area contributed by atoms with E-state index in [-0.39, 0.29) is 11.7 Å². The van der Waals surface area contributed by atoms with Crippen molar-refractivity contribution in [1.82, 2.24) is 34.8 Å². The highest BCUT2D eigenvalue weighted by Gasteiger charge is 2.15. The van der Waals surface area contributed by atoms with Crippen LogP contribution in [-0.4, -0.2) is 42.5 Å². The Labute approximate surface area is 207 Å². The van der Waals surface area contributed by atoms with E-state index in [2.05, 4.69) is 49.7 Å². The van der Waals surface area contributed by atoms with Gasteiger partial charge in [-0.25, -0.2) is 14.6 Å². The summed E-state index contributed by atoms with van der Waals surface area (Å²) in [4.78, 5) is 21.3. The average Bonchev–Trinajstić information content (AvgIpc) is 3.53. The number of nitrogens with zero attached hydrogens (tertiary/aromatic N) is 6. The van der Waals surface area contributed by atoms with Crippen LogP contribution in [0.1, 0.15) is 33.1 Å². The molecule has 0 atom stereocenters. The first kappa shape index (κ1) is 23.0. The van der Waals surface area contributed by atoms with Crippen molar-refractivity contribution in [2.24, 2.45) is 0 Å². The zero-order chi connectivity index (χ0) is 25.1. The second-order valence-corrected chi connectivity index (χ2v) is 8.44. The fourth-order valence-corrected chi connectivity index (χ4v) is 4.06. The third-order valence-corrected chi connectivity index (χ3v) is 5.91. The Kier molecular flexibility index (Phi) is 6.31. The van der Waals surface area contributed by atoms with Gasteiger partial charge >= 0.3 is 0 Å². The first-order chi connectivity index (χ1) is 17.5. The summed E-state index contributed by atoms with van der Waals surface area (Å²) in [6.45, 7) is 3.36. The summed E-state index contributed by atoms with van der Waals surface area (Å²) in [5.74, 6) is 1.45. The number of hydrogen-bond donors (Lipinski definition) is 2. The standard InChI is InChI=1S/C26H26N8O2/c1-17-31-25(32-34(17)16-19-6-4-18(5-7-19)15-33-11-3-9-30-33)26(35)29-14-20-12-21-8-10-28-24(27)23(21)22(13-20)36-2/h3-13H,14-16H2,1-2H3,(H2,27,28)(H,29,35). The van der Waals surface area contributed by atoms with Crippen LogP contribution in [-0.2, 0) is 19.6 Å². The Bertz CT molecular complexity index is 1510. The number of aromatic nitrogens is 6. The van der Waals surface area contributed by atoms with Crippen LogP contribution in [0.2, 0.25) is 0 Å². The molecule has 0 bridgehead atoms. The summed E-state index contributed by atoms with van der Waals surface area (Å²) in [5, 5.41) is 13.2. The maximum absolute atomic E-state index is 12.8. The Balaban J connectivity index is 1.24. The van der Waals surface area contributed by atoms with Crippen LogP contribution in [0, 0.1) is 6.92 Å². The van der Waals surface area contributed by atoms with Gasteiger partial charge in [-0.3, -0.25) is 9.48 Å². The van der Waals surface area contributed by atoms with Crippen molar-refractivity contribution in [3.05, 3.63) is 95.5 Å². The molecule has 0 aliphatic rings. The summed E-state index contributed by atoms with van der Waals surface area (Å²) >= 11 is 0. The molecule has 10 heteroatoms. The lowest BCUT2D eigenvalue weighted by Crippen LogP contribution is -2.24. The predicted molar refractivity (Wildman–Crippen MR) is 136 cm³/mol. The molecule has 0 saturated carbocycles. The van der Waals surface area contributed by atoms with Gasteiger partial charge in [0.05, 0.1) is 25.6 Å². The number of nitrogens with one attached hydrogen (secondary N) is 1. The molecule has 0 spiro atoms. The molecule has 3 aromatic heterocycles. The molecule has 0 unspecified atom stereocenters. The summed E-state index contributed by atoms with van der Waals surface area (Å²) in [7, 11) is 1.58. The number of methoxy groups -OCH3 is 1. The highest BCUT2D eigenvalue weighted by Crippen LogP contribution is 2.30. The first-order valence-electron chi connectivity index (χ1n) is 11.5. The van der Waals surface area contributed by atoms with Gasteiger partial charge in [-0.1, -0.05) is 24.3 Å². The monoisotopic (exact) mass is 482 g/mol. The number of nitrogens with two attached hydrogens (primary N) is 1. The minimum atomic E-state index is -0.347. The van der Waals surface area contributed by atoms with E-state index >= 15 is 0 Å². The maximum atomic E-state index is 12.8. The first-order valence-corrected chi connectivity index (χ1v) is 11.5. The Morgan fingerprint density at radius 3 is 2.56 bits per heavy atom. The van der Waals surface area contributed by atoms with E-state index in [0.29, 0.717) is 37.0 Å². The number of carbonyl (C=O) groups is 1. The highest BCUT2D eigenvalue weighted by molar-refractivity contribution is 5.96. The van der Waals surface area contributed by atoms with Crippen molar-refractivity contribution in [3.63, 3.8) is 0 Å². The third-order valence-electron chi connectivity index (χ3n) is 5.91. The molecule has 182 valence electrons. The number of pyridine rings is 1. The smallest absolute Gasteiger partial charge is 0.291 e. The fraction of sp³-hybridized carbons (Fsp3) is 0.192. The Morgan fingerprint density at radius 2 is 1.83 bits per heavy atom. The minimum Gasteiger partial charge on any atom is -0.496 e. The van der Waals surface area contributed by atoms with E-state index in [1.165, 1.54) is 0 Å². The van der Waals surface area contributed by atoms with Gasteiger partial charge in [-0.15, -0.1) is 5.10 Å². The molecule has 0 fully saturated rings. The molecule has 0 aliphatic heterocycles. The van der Waals surface area contributed by atoms with Crippen molar-refractivity contribution in [2.75, 3.05) is 12.8 Å². The van der Waals surface area contributed by atoms with Crippen LogP contribution < -0.4 is 15.8 Å². The molecule has 3 heterocycles. The van der Waals surface area contributed by atoms with Gasteiger partial charge in [-0.05, 0) is 53.3 Å². The van der Waals surface area contributed by atoms with Crippen LogP contribution in [0.3, 0.4) is 0 Å². The topological polar surface area (TPSA) is 126 Å². The van der Waals surface area contributed by atoms with Crippen LogP contribution >= 0.6 is 0 Å². The van der Waals surface area contributed by atoms with Crippen LogP contribution in [0.15, 0.2) is 67.1 Å². The van der Waals surface area contributed by atoms with E-state index in [9.17, 15) is 4.79 Å². The number of carbonyl (C=O) groups excluding carboxylic acids is 1. The van der Waals surface area contributed by atoms with Gasteiger partial charge in [0, 0.05) is 25.1 Å². The fourth-order valence-electron chi connectivity index (χ4n) is 4.06. The molecule has 0 radical (unpaired) electrons. The number of fused-ring (bicyclic) bond motifs is 1. The SMILES string of the molecule is COc1cc(CNC(=O)c2nc(C)n(Cc3ccc(Cn4cccn4)cc3)n2)cc2ccnc(N)c12. The van der Waals surface area contributed by atoms with E-state index in [0.717, 1.165) is 27.5 Å². The van der Waals surface area contributed by atoms with Crippen molar-refractivity contribution < 1.29 is 9.53 Å². The van der Waals surface area contributed by atoms with Gasteiger partial charge in [-0.2, -0.15) is 5.10 Å². The molecule has 5 rings (SSSR count). The van der Waals surface area contributed by atoms with Gasteiger partial charge in [0.25, 0.3) is 5.91 Å². The molecule has 1 amide bonds. The normalized spacial score (nSPS) is 11.1. The number of amides is 1. The van der Waals surface area contributed by atoms with E-state index in [1.807, 2.05) is 42.1 Å². The molecule has 0 aliphatic carbocycles. The number of ether oxygens (including phenoxy) is 1. The quantitative estimate of drug-likeness (QED) is 0.348. The van der Waals surface area contributed by atoms with Crippen LogP contribution in [0.25, 0.3) is 10.8 Å². The molecule has 2 aromatic carbocycles. The van der Waals surface area contributed by atoms with Crippen molar-refractivity contribution >= 4 is 22.5 Å². The summed E-state index contributed by atoms with van der Waals surface area (Å²) < 4.78 is 9.09. The molecule has 10 nitrogen and oxygen atoms in total. The number of anilines is 1. The lowest BCUT2D eigenvalue weighted by atomic mass is 10.1. The average molecular weight is 483 g/mol.